The maximum absolute atomic E-state index is 14.8. The van der Waals surface area contributed by atoms with Crippen LogP contribution in [-0.4, -0.2) is 183 Å². The van der Waals surface area contributed by atoms with Crippen molar-refractivity contribution < 1.29 is 33.4 Å². The number of amides is 5. The van der Waals surface area contributed by atoms with E-state index in [4.69, 9.17) is 14.5 Å². The largest absolute Gasteiger partial charge is 0.464 e. The fourth-order valence-corrected chi connectivity index (χ4v) is 12.1. The van der Waals surface area contributed by atoms with E-state index in [0.29, 0.717) is 74.2 Å². The second kappa shape index (κ2) is 23.0. The van der Waals surface area contributed by atoms with Crippen LogP contribution in [0.1, 0.15) is 90.2 Å². The molecule has 0 aliphatic carbocycles. The summed E-state index contributed by atoms with van der Waals surface area (Å²) < 4.78 is 14.4. The predicted octanol–water partition coefficient (Wildman–Crippen LogP) is 4.93. The molecule has 6 bridgehead atoms. The van der Waals surface area contributed by atoms with Gasteiger partial charge >= 0.3 is 12.0 Å². The number of ether oxygens (including phenoxy) is 2. The second-order valence-electron chi connectivity index (χ2n) is 20.8. The number of nitrogens with one attached hydrogen (secondary N) is 2. The Kier molecular flexibility index (Phi) is 17.3. The molecule has 6 heterocycles. The lowest BCUT2D eigenvalue weighted by molar-refractivity contribution is -0.155. The summed E-state index contributed by atoms with van der Waals surface area (Å²) in [6.45, 7) is 19.4. The van der Waals surface area contributed by atoms with Crippen LogP contribution in [0.5, 0.6) is 0 Å². The molecule has 5 amide bonds. The Morgan fingerprint density at radius 2 is 1.92 bits per heavy atom. The molecule has 2 fully saturated rings. The van der Waals surface area contributed by atoms with Gasteiger partial charge in [0.05, 0.1) is 40.3 Å². The van der Waals surface area contributed by atoms with Gasteiger partial charge < -0.3 is 34.1 Å². The molecule has 2 radical (unpaired) electrons. The molecule has 3 aromatic rings. The van der Waals surface area contributed by atoms with Crippen molar-refractivity contribution in [2.75, 3.05) is 80.4 Å². The SMILES string of the molecule is C=CC(=O)N1C[Si][C@H](CCN(C)C(=O)N(C)[C@H](C(=O)N[C@H]2CN3CCC=C(C3)c3ccc4c(c3)c(c(-c3cccnc3[C@H](C)OC)n4CC)CC(C)(C)COC(=O)[C@@H]3CCCN(N3)C2=O)C(C)C)N(C)C1. The van der Waals surface area contributed by atoms with Crippen LogP contribution >= 0.6 is 0 Å². The van der Waals surface area contributed by atoms with Gasteiger partial charge in [0.25, 0.3) is 5.91 Å². The van der Waals surface area contributed by atoms with Crippen LogP contribution < -0.4 is 10.7 Å². The number of hydrogen-bond acceptors (Lipinski definition) is 11. The predicted molar refractivity (Wildman–Crippen MR) is 277 cm³/mol. The zero-order chi connectivity index (χ0) is 51.3. The number of pyridine rings is 1. The van der Waals surface area contributed by atoms with Crippen molar-refractivity contribution in [2.45, 2.75) is 110 Å². The average molecular weight is 993 g/mol. The number of carbonyl (C=O) groups excluding carboxylic acids is 5. The fourth-order valence-electron chi connectivity index (χ4n) is 10.7. The van der Waals surface area contributed by atoms with Crippen molar-refractivity contribution in [1.82, 2.24) is 49.8 Å². The van der Waals surface area contributed by atoms with Gasteiger partial charge in [-0.2, -0.15) is 0 Å². The third-order valence-electron chi connectivity index (χ3n) is 14.6. The lowest BCUT2D eigenvalue weighted by atomic mass is 9.84. The summed E-state index contributed by atoms with van der Waals surface area (Å²) in [7, 11) is 7.55. The second-order valence-corrected chi connectivity index (χ2v) is 22.2. The maximum Gasteiger partial charge on any atom is 0.324 e. The highest BCUT2D eigenvalue weighted by Gasteiger charge is 2.39. The highest BCUT2D eigenvalue weighted by molar-refractivity contribution is 6.38. The number of nitrogens with zero attached hydrogens (tertiary/aromatic N) is 8. The minimum atomic E-state index is -1.00. The molecule has 6 atom stereocenters. The normalized spacial score (nSPS) is 23.1. The van der Waals surface area contributed by atoms with Gasteiger partial charge in [0.2, 0.25) is 11.8 Å². The number of rotatable bonds is 12. The third-order valence-corrected chi connectivity index (χ3v) is 16.3. The zero-order valence-corrected chi connectivity index (χ0v) is 44.6. The van der Waals surface area contributed by atoms with E-state index in [1.54, 1.807) is 37.2 Å². The molecule has 1 unspecified atom stereocenters. The topological polar surface area (TPSA) is 165 Å². The minimum absolute atomic E-state index is 0.0918. The standard InChI is InChI=1S/C53H76N10O7Si/c1-12-44(64)61-32-58(9)45(71-33-61)22-26-57(8)52(68)59(10)47(34(3)4)49(65)55-42-30-60-24-15-17-37(29-60)36-20-21-43-39(27-36)40(48(62(43)13-2)38-18-14-23-54-46(38)35(5)69-11)28-53(6,7)31-70-51(67)41-19-16-25-63(56-41)50(42)66/h12,14,17-18,20-21,23,27,34-35,41-42,45,47,56H,1,13,15-16,19,22,24-26,28-33H2,2-11H3,(H,55,65)/t35-,41-,42-,45+,47-/m0/s1. The molecule has 0 spiro atoms. The number of hydrazine groups is 1. The lowest BCUT2D eigenvalue weighted by Gasteiger charge is -2.40. The molecular weight excluding hydrogens is 917 g/mol. The number of likely N-dealkylation sites (N-methyl/N-ethyl adjacent to an activating group) is 1. The van der Waals surface area contributed by atoms with Crippen LogP contribution in [0.15, 0.2) is 55.3 Å². The Morgan fingerprint density at radius 1 is 1.14 bits per heavy atom. The van der Waals surface area contributed by atoms with Crippen molar-refractivity contribution in [3.05, 3.63) is 72.1 Å². The Hall–Kier alpha value is -5.40. The molecule has 0 saturated carbocycles. The molecule has 2 aromatic heterocycles. The highest BCUT2D eigenvalue weighted by atomic mass is 28.2. The summed E-state index contributed by atoms with van der Waals surface area (Å²) >= 11 is 0. The molecule has 17 nitrogen and oxygen atoms in total. The molecule has 18 heteroatoms. The van der Waals surface area contributed by atoms with Gasteiger partial charge in [-0.15, -0.1) is 0 Å². The van der Waals surface area contributed by atoms with Gasteiger partial charge in [0.15, 0.2) is 0 Å². The van der Waals surface area contributed by atoms with Gasteiger partial charge in [0.1, 0.15) is 18.1 Å². The Morgan fingerprint density at radius 3 is 2.62 bits per heavy atom. The summed E-state index contributed by atoms with van der Waals surface area (Å²) in [6, 6.07) is 7.79. The molecule has 1 aromatic carbocycles. The van der Waals surface area contributed by atoms with E-state index in [1.807, 2.05) is 33.9 Å². The maximum atomic E-state index is 14.8. The molecule has 4 aliphatic heterocycles. The summed E-state index contributed by atoms with van der Waals surface area (Å²) in [6.07, 6.45) is 8.93. The summed E-state index contributed by atoms with van der Waals surface area (Å²) in [5.74, 6) is -1.60. The van der Waals surface area contributed by atoms with E-state index in [9.17, 15) is 24.0 Å². The van der Waals surface area contributed by atoms with E-state index < -0.39 is 35.4 Å². The Labute approximate surface area is 422 Å². The molecule has 384 valence electrons. The first kappa shape index (κ1) is 53.4. The van der Waals surface area contributed by atoms with Crippen LogP contribution in [0.25, 0.3) is 27.7 Å². The molecular formula is C53H76N10O7Si. The van der Waals surface area contributed by atoms with Gasteiger partial charge in [-0.3, -0.25) is 39.0 Å². The number of methoxy groups -OCH3 is 1. The average Bonchev–Trinajstić information content (AvgIpc) is 3.67. The van der Waals surface area contributed by atoms with Crippen molar-refractivity contribution >= 4 is 55.7 Å². The minimum Gasteiger partial charge on any atom is -0.464 e. The van der Waals surface area contributed by atoms with Crippen LogP contribution in [0.3, 0.4) is 0 Å². The number of carbonyl (C=O) groups is 5. The number of hydrogen-bond donors (Lipinski definition) is 2. The number of urea groups is 1. The number of aryl methyl sites for hydroxylation is 1. The third kappa shape index (κ3) is 11.9. The van der Waals surface area contributed by atoms with Crippen molar-refractivity contribution in [3.8, 4) is 11.3 Å². The quantitative estimate of drug-likeness (QED) is 0.144. The number of esters is 1. The Balaban J connectivity index is 1.18. The van der Waals surface area contributed by atoms with E-state index >= 15 is 0 Å². The monoisotopic (exact) mass is 993 g/mol. The van der Waals surface area contributed by atoms with Gasteiger partial charge in [-0.25, -0.2) is 10.2 Å². The molecule has 4 aliphatic rings. The van der Waals surface area contributed by atoms with Crippen LogP contribution in [-0.2, 0) is 41.6 Å². The van der Waals surface area contributed by atoms with E-state index in [-0.39, 0.29) is 48.7 Å². The van der Waals surface area contributed by atoms with Crippen molar-refractivity contribution in [2.24, 2.45) is 11.3 Å². The molecule has 2 saturated heterocycles. The molecule has 2 N–H and O–H groups in total. The van der Waals surface area contributed by atoms with Crippen molar-refractivity contribution in [1.29, 1.82) is 0 Å². The first-order valence-corrected chi connectivity index (χ1v) is 26.6. The van der Waals surface area contributed by atoms with E-state index in [1.165, 1.54) is 16.0 Å². The van der Waals surface area contributed by atoms with Crippen LogP contribution in [0.2, 0.25) is 0 Å². The summed E-state index contributed by atoms with van der Waals surface area (Å²) in [5.41, 5.74) is 10.3. The van der Waals surface area contributed by atoms with E-state index in [2.05, 4.69) is 82.8 Å². The summed E-state index contributed by atoms with van der Waals surface area (Å²) in [5, 5.41) is 5.72. The smallest absolute Gasteiger partial charge is 0.324 e. The number of fused-ring (bicyclic) bond motifs is 6. The number of cyclic esters (lactones) is 1. The number of benzene rings is 1. The fraction of sp³-hybridized carbons (Fsp3) is 0.585. The van der Waals surface area contributed by atoms with E-state index in [0.717, 1.165) is 57.5 Å². The molecule has 71 heavy (non-hydrogen) atoms. The molecule has 7 rings (SSSR count). The Bertz CT molecular complexity index is 2490. The first-order valence-electron chi connectivity index (χ1n) is 25.3. The summed E-state index contributed by atoms with van der Waals surface area (Å²) in [4.78, 5) is 83.9. The number of aromatic nitrogens is 2. The van der Waals surface area contributed by atoms with Crippen molar-refractivity contribution in [3.63, 3.8) is 0 Å². The van der Waals surface area contributed by atoms with Crippen LogP contribution in [0.4, 0.5) is 4.79 Å². The van der Waals surface area contributed by atoms with Gasteiger partial charge in [-0.05, 0) is 106 Å². The van der Waals surface area contributed by atoms with Gasteiger partial charge in [-0.1, -0.05) is 46.4 Å². The zero-order valence-electron chi connectivity index (χ0n) is 43.6. The lowest BCUT2D eigenvalue weighted by Crippen LogP contribution is -2.64. The van der Waals surface area contributed by atoms with Gasteiger partial charge in [0, 0.05) is 100 Å². The first-order chi connectivity index (χ1) is 33.9. The highest BCUT2D eigenvalue weighted by Crippen LogP contribution is 2.41. The van der Waals surface area contributed by atoms with Crippen LogP contribution in [0, 0.1) is 11.3 Å².